The number of nitrogens with zero attached hydrogens (tertiary/aromatic N) is 3. The van der Waals surface area contributed by atoms with Gasteiger partial charge in [0.15, 0.2) is 0 Å². The van der Waals surface area contributed by atoms with Crippen LogP contribution in [0.5, 0.6) is 0 Å². The molecule has 1 heterocycles. The number of nitrogens with one attached hydrogen (secondary N) is 1. The fourth-order valence-corrected chi connectivity index (χ4v) is 1.27. The maximum absolute atomic E-state index is 11.0. The molecule has 0 aliphatic carbocycles. The molecule has 0 aliphatic rings. The first-order chi connectivity index (χ1) is 7.76. The molecule has 0 atom stereocenters. The fourth-order valence-electron chi connectivity index (χ4n) is 1.27. The number of carbonyl (C=O) groups excluding carboxylic acids is 1. The molecule has 6 nitrogen and oxygen atoms in total. The minimum absolute atomic E-state index is 0.0653. The number of aromatic nitrogens is 3. The van der Waals surface area contributed by atoms with Gasteiger partial charge >= 0.3 is 0 Å². The average Bonchev–Trinajstić information content (AvgIpc) is 2.74. The molecule has 1 amide bonds. The van der Waals surface area contributed by atoms with Crippen LogP contribution in [0, 0.1) is 0 Å². The third kappa shape index (κ3) is 4.39. The summed E-state index contributed by atoms with van der Waals surface area (Å²) in [6, 6.07) is 0. The Balaban J connectivity index is 2.26. The Morgan fingerprint density at radius 3 is 3.12 bits per heavy atom. The second kappa shape index (κ2) is 6.95. The predicted molar refractivity (Wildman–Crippen MR) is 60.7 cm³/mol. The summed E-state index contributed by atoms with van der Waals surface area (Å²) in [4.78, 5) is 11.0. The van der Waals surface area contributed by atoms with E-state index in [0.29, 0.717) is 25.9 Å². The molecule has 0 aromatic carbocycles. The van der Waals surface area contributed by atoms with Crippen molar-refractivity contribution in [2.75, 3.05) is 13.1 Å². The lowest BCUT2D eigenvalue weighted by Gasteiger charge is -2.00. The maximum Gasteiger partial charge on any atom is 0.219 e. The Labute approximate surface area is 95.2 Å². The Morgan fingerprint density at radius 2 is 2.44 bits per heavy atom. The van der Waals surface area contributed by atoms with E-state index in [-0.39, 0.29) is 5.91 Å². The van der Waals surface area contributed by atoms with Gasteiger partial charge in [-0.05, 0) is 13.0 Å². The molecule has 1 rings (SSSR count). The number of rotatable bonds is 7. The van der Waals surface area contributed by atoms with E-state index < -0.39 is 0 Å². The van der Waals surface area contributed by atoms with Crippen LogP contribution in [0.4, 0.5) is 0 Å². The zero-order valence-corrected chi connectivity index (χ0v) is 9.65. The van der Waals surface area contributed by atoms with Gasteiger partial charge in [0.2, 0.25) is 5.91 Å². The molecule has 0 fully saturated rings. The van der Waals surface area contributed by atoms with E-state index in [1.807, 2.05) is 13.1 Å². The Hall–Kier alpha value is -1.43. The van der Waals surface area contributed by atoms with Gasteiger partial charge < -0.3 is 11.1 Å². The van der Waals surface area contributed by atoms with Crippen LogP contribution in [0.25, 0.3) is 0 Å². The molecule has 0 aliphatic heterocycles. The van der Waals surface area contributed by atoms with Gasteiger partial charge in [0, 0.05) is 32.1 Å². The van der Waals surface area contributed by atoms with Crippen molar-refractivity contribution in [3.63, 3.8) is 0 Å². The van der Waals surface area contributed by atoms with E-state index in [9.17, 15) is 4.79 Å². The third-order valence-electron chi connectivity index (χ3n) is 2.20. The summed E-state index contributed by atoms with van der Waals surface area (Å²) in [5.74, 6) is 0.0653. The Kier molecular flexibility index (Phi) is 5.49. The lowest BCUT2D eigenvalue weighted by Crippen LogP contribution is -2.24. The number of amides is 1. The number of aryl methyl sites for hydroxylation is 1. The molecule has 0 bridgehead atoms. The van der Waals surface area contributed by atoms with E-state index in [4.69, 9.17) is 5.73 Å². The van der Waals surface area contributed by atoms with E-state index in [0.717, 1.165) is 18.7 Å². The van der Waals surface area contributed by atoms with Crippen molar-refractivity contribution in [2.24, 2.45) is 5.73 Å². The van der Waals surface area contributed by atoms with Crippen molar-refractivity contribution in [1.29, 1.82) is 0 Å². The third-order valence-corrected chi connectivity index (χ3v) is 2.20. The van der Waals surface area contributed by atoms with Crippen molar-refractivity contribution in [1.82, 2.24) is 20.3 Å². The minimum atomic E-state index is 0.0653. The van der Waals surface area contributed by atoms with E-state index in [1.54, 1.807) is 4.68 Å². The van der Waals surface area contributed by atoms with Crippen LogP contribution in [0.1, 0.15) is 25.5 Å². The van der Waals surface area contributed by atoms with Crippen molar-refractivity contribution in [2.45, 2.75) is 32.7 Å². The van der Waals surface area contributed by atoms with Gasteiger partial charge in [0.1, 0.15) is 0 Å². The molecule has 0 radical (unpaired) electrons. The molecular formula is C10H19N5O. The number of hydrogen-bond acceptors (Lipinski definition) is 4. The monoisotopic (exact) mass is 225 g/mol. The Bertz CT molecular complexity index is 323. The molecule has 0 saturated heterocycles. The lowest BCUT2D eigenvalue weighted by atomic mass is 10.3. The van der Waals surface area contributed by atoms with Gasteiger partial charge in [-0.1, -0.05) is 12.1 Å². The van der Waals surface area contributed by atoms with Crippen LogP contribution >= 0.6 is 0 Å². The van der Waals surface area contributed by atoms with Gasteiger partial charge in [-0.3, -0.25) is 9.48 Å². The maximum atomic E-state index is 11.0. The van der Waals surface area contributed by atoms with Crippen molar-refractivity contribution >= 4 is 5.91 Å². The van der Waals surface area contributed by atoms with E-state index in [2.05, 4.69) is 15.6 Å². The molecule has 90 valence electrons. The molecule has 1 aromatic rings. The molecule has 1 aromatic heterocycles. The average molecular weight is 225 g/mol. The van der Waals surface area contributed by atoms with Crippen LogP contribution in [-0.2, 0) is 17.8 Å². The summed E-state index contributed by atoms with van der Waals surface area (Å²) in [6.07, 6.45) is 4.03. The van der Waals surface area contributed by atoms with Crippen LogP contribution in [-0.4, -0.2) is 34.0 Å². The molecule has 16 heavy (non-hydrogen) atoms. The highest BCUT2D eigenvalue weighted by Gasteiger charge is 2.01. The van der Waals surface area contributed by atoms with Gasteiger partial charge in [0.05, 0.1) is 5.69 Å². The summed E-state index contributed by atoms with van der Waals surface area (Å²) in [7, 11) is 0. The molecule has 0 spiro atoms. The number of nitrogens with two attached hydrogens (primary N) is 1. The summed E-state index contributed by atoms with van der Waals surface area (Å²) >= 11 is 0. The summed E-state index contributed by atoms with van der Waals surface area (Å²) in [5.41, 5.74) is 6.30. The zero-order chi connectivity index (χ0) is 11.8. The van der Waals surface area contributed by atoms with E-state index in [1.165, 1.54) is 0 Å². The van der Waals surface area contributed by atoms with Crippen molar-refractivity contribution < 1.29 is 4.79 Å². The quantitative estimate of drug-likeness (QED) is 0.667. The molecule has 0 unspecified atom stereocenters. The standard InChI is InChI=1S/C10H19N5O/c1-2-10(16)12-6-4-9-8-15(14-13-9)7-3-5-11/h8H,2-7,11H2,1H3,(H,12,16). The highest BCUT2D eigenvalue weighted by Crippen LogP contribution is 1.95. The molecular weight excluding hydrogens is 206 g/mol. The first kappa shape index (κ1) is 12.6. The summed E-state index contributed by atoms with van der Waals surface area (Å²) in [5, 5.41) is 10.8. The normalized spacial score (nSPS) is 10.4. The van der Waals surface area contributed by atoms with Crippen molar-refractivity contribution in [3.8, 4) is 0 Å². The summed E-state index contributed by atoms with van der Waals surface area (Å²) in [6.45, 7) is 3.90. The van der Waals surface area contributed by atoms with E-state index >= 15 is 0 Å². The smallest absolute Gasteiger partial charge is 0.219 e. The first-order valence-corrected chi connectivity index (χ1v) is 5.62. The van der Waals surface area contributed by atoms with Gasteiger partial charge in [-0.15, -0.1) is 5.10 Å². The number of carbonyl (C=O) groups is 1. The van der Waals surface area contributed by atoms with Crippen LogP contribution < -0.4 is 11.1 Å². The van der Waals surface area contributed by atoms with Crippen molar-refractivity contribution in [3.05, 3.63) is 11.9 Å². The number of hydrogen-bond donors (Lipinski definition) is 2. The van der Waals surface area contributed by atoms with Gasteiger partial charge in [0.25, 0.3) is 0 Å². The highest BCUT2D eigenvalue weighted by molar-refractivity contribution is 5.75. The van der Waals surface area contributed by atoms with Crippen LogP contribution in [0.3, 0.4) is 0 Å². The topological polar surface area (TPSA) is 85.8 Å². The Morgan fingerprint density at radius 1 is 1.62 bits per heavy atom. The van der Waals surface area contributed by atoms with Crippen LogP contribution in [0.2, 0.25) is 0 Å². The molecule has 6 heteroatoms. The van der Waals surface area contributed by atoms with Crippen LogP contribution in [0.15, 0.2) is 6.20 Å². The highest BCUT2D eigenvalue weighted by atomic mass is 16.1. The minimum Gasteiger partial charge on any atom is -0.356 e. The second-order valence-electron chi connectivity index (χ2n) is 3.57. The van der Waals surface area contributed by atoms with Gasteiger partial charge in [-0.25, -0.2) is 0 Å². The zero-order valence-electron chi connectivity index (χ0n) is 9.65. The molecule has 3 N–H and O–H groups in total. The first-order valence-electron chi connectivity index (χ1n) is 5.62. The van der Waals surface area contributed by atoms with Gasteiger partial charge in [-0.2, -0.15) is 0 Å². The predicted octanol–water partition coefficient (Wildman–Crippen LogP) is -0.304. The molecule has 0 saturated carbocycles. The largest absolute Gasteiger partial charge is 0.356 e. The summed E-state index contributed by atoms with van der Waals surface area (Å²) < 4.78 is 1.78. The SMILES string of the molecule is CCC(=O)NCCc1cn(CCCN)nn1. The lowest BCUT2D eigenvalue weighted by molar-refractivity contribution is -0.120. The fraction of sp³-hybridized carbons (Fsp3) is 0.700. The second-order valence-corrected chi connectivity index (χ2v) is 3.57.